The third-order valence-corrected chi connectivity index (χ3v) is 4.82. The summed E-state index contributed by atoms with van der Waals surface area (Å²) in [4.78, 5) is 0. The summed E-state index contributed by atoms with van der Waals surface area (Å²) >= 11 is 0. The van der Waals surface area contributed by atoms with Gasteiger partial charge >= 0.3 is 8.80 Å². The first-order valence-corrected chi connectivity index (χ1v) is 9.64. The number of unbranched alkanes of at least 4 members (excludes halogenated alkanes) is 3. The highest BCUT2D eigenvalue weighted by molar-refractivity contribution is 6.59. The average molecular weight is 295 g/mol. The van der Waals surface area contributed by atoms with Gasteiger partial charge in [-0.05, 0) is 46.7 Å². The second-order valence-corrected chi connectivity index (χ2v) is 6.74. The topological polar surface area (TPSA) is 79.7 Å². The fourth-order valence-electron chi connectivity index (χ4n) is 1.55. The minimum atomic E-state index is -2.25. The smallest absolute Gasteiger partial charge is 0.374 e. The molecule has 0 atom stereocenters. The van der Waals surface area contributed by atoms with Crippen molar-refractivity contribution >= 4 is 8.80 Å². The standard InChI is InChI=1S/C7H18O3Si.C6H16N2/c1-5-8-11(4,9-6-2)10-7-3;7-5-3-1-2-4-6-8/h5-7H2,1-4H3;1-8H2. The molecule has 0 aliphatic heterocycles. The van der Waals surface area contributed by atoms with E-state index in [1.54, 1.807) is 0 Å². The fraction of sp³-hybridized carbons (Fsp3) is 1.00. The van der Waals surface area contributed by atoms with Gasteiger partial charge in [-0.3, -0.25) is 0 Å². The van der Waals surface area contributed by atoms with Crippen molar-refractivity contribution in [1.82, 2.24) is 0 Å². The van der Waals surface area contributed by atoms with Crippen LogP contribution in [0.25, 0.3) is 0 Å². The fourth-order valence-corrected chi connectivity index (χ4v) is 3.38. The van der Waals surface area contributed by atoms with Gasteiger partial charge < -0.3 is 24.7 Å². The molecule has 0 aliphatic carbocycles. The van der Waals surface area contributed by atoms with Gasteiger partial charge in [-0.15, -0.1) is 0 Å². The summed E-state index contributed by atoms with van der Waals surface area (Å²) in [6.45, 7) is 11.4. The van der Waals surface area contributed by atoms with E-state index in [1.165, 1.54) is 12.8 Å². The van der Waals surface area contributed by atoms with E-state index in [2.05, 4.69) is 0 Å². The molecule has 6 heteroatoms. The van der Waals surface area contributed by atoms with Crippen molar-refractivity contribution in [3.8, 4) is 0 Å². The summed E-state index contributed by atoms with van der Waals surface area (Å²) in [6.07, 6.45) is 4.79. The van der Waals surface area contributed by atoms with Crippen molar-refractivity contribution in [3.05, 3.63) is 0 Å². The Morgan fingerprint density at radius 3 is 1.21 bits per heavy atom. The zero-order valence-corrected chi connectivity index (χ0v) is 14.2. The maximum absolute atomic E-state index is 5.40. The van der Waals surface area contributed by atoms with Crippen LogP contribution in [0.15, 0.2) is 0 Å². The van der Waals surface area contributed by atoms with Crippen molar-refractivity contribution in [1.29, 1.82) is 0 Å². The van der Waals surface area contributed by atoms with Crippen LogP contribution in [0.4, 0.5) is 0 Å². The first kappa shape index (κ1) is 21.3. The maximum atomic E-state index is 5.40. The molecule has 0 heterocycles. The molecule has 0 radical (unpaired) electrons. The van der Waals surface area contributed by atoms with Crippen molar-refractivity contribution < 1.29 is 13.3 Å². The lowest BCUT2D eigenvalue weighted by atomic mass is 10.2. The zero-order chi connectivity index (χ0) is 15.0. The van der Waals surface area contributed by atoms with Crippen LogP contribution in [0, 0.1) is 0 Å². The van der Waals surface area contributed by atoms with Gasteiger partial charge in [0.15, 0.2) is 0 Å². The van der Waals surface area contributed by atoms with Crippen LogP contribution in [0.2, 0.25) is 6.55 Å². The lowest BCUT2D eigenvalue weighted by Crippen LogP contribution is -2.42. The number of hydrogen-bond acceptors (Lipinski definition) is 5. The SMILES string of the molecule is CCO[Si](C)(OCC)OCC.NCCCCCCN. The van der Waals surface area contributed by atoms with Crippen LogP contribution in [-0.2, 0) is 13.3 Å². The molecule has 0 rings (SSSR count). The second kappa shape index (κ2) is 16.1. The Morgan fingerprint density at radius 1 is 0.684 bits per heavy atom. The van der Waals surface area contributed by atoms with Crippen LogP contribution in [0.3, 0.4) is 0 Å². The average Bonchev–Trinajstić information content (AvgIpc) is 2.36. The molecular formula is C13H34N2O3Si. The van der Waals surface area contributed by atoms with Crippen molar-refractivity contribution in [2.24, 2.45) is 11.5 Å². The number of nitrogens with two attached hydrogens (primary N) is 2. The summed E-state index contributed by atoms with van der Waals surface area (Å²) < 4.78 is 16.2. The van der Waals surface area contributed by atoms with E-state index < -0.39 is 8.80 Å². The molecule has 0 saturated heterocycles. The van der Waals surface area contributed by atoms with Gasteiger partial charge in [0, 0.05) is 26.4 Å². The van der Waals surface area contributed by atoms with E-state index in [-0.39, 0.29) is 0 Å². The molecule has 4 N–H and O–H groups in total. The summed E-state index contributed by atoms with van der Waals surface area (Å²) in [5.74, 6) is 0. The van der Waals surface area contributed by atoms with E-state index in [0.717, 1.165) is 25.9 Å². The zero-order valence-electron chi connectivity index (χ0n) is 13.2. The predicted octanol–water partition coefficient (Wildman–Crippen LogP) is 2.13. The minimum absolute atomic E-state index is 0.655. The van der Waals surface area contributed by atoms with Gasteiger partial charge in [0.25, 0.3) is 0 Å². The summed E-state index contributed by atoms with van der Waals surface area (Å²) in [6, 6.07) is 0. The highest BCUT2D eigenvalue weighted by Crippen LogP contribution is 2.08. The van der Waals surface area contributed by atoms with Crippen molar-refractivity contribution in [2.45, 2.75) is 53.0 Å². The minimum Gasteiger partial charge on any atom is -0.374 e. The molecule has 0 amide bonds. The monoisotopic (exact) mass is 294 g/mol. The maximum Gasteiger partial charge on any atom is 0.497 e. The predicted molar refractivity (Wildman–Crippen MR) is 83.1 cm³/mol. The first-order chi connectivity index (χ1) is 9.10. The second-order valence-electron chi connectivity index (χ2n) is 4.15. The Labute approximate surface area is 120 Å². The number of rotatable bonds is 11. The van der Waals surface area contributed by atoms with Crippen LogP contribution in [-0.4, -0.2) is 41.7 Å². The highest BCUT2D eigenvalue weighted by Gasteiger charge is 2.32. The Bertz CT molecular complexity index is 151. The molecule has 0 fully saturated rings. The number of hydrogen-bond donors (Lipinski definition) is 2. The molecule has 19 heavy (non-hydrogen) atoms. The van der Waals surface area contributed by atoms with Crippen LogP contribution in [0.1, 0.15) is 46.5 Å². The van der Waals surface area contributed by atoms with Crippen LogP contribution in [0.5, 0.6) is 0 Å². The normalized spacial score (nSPS) is 11.1. The first-order valence-electron chi connectivity index (χ1n) is 7.42. The van der Waals surface area contributed by atoms with E-state index in [1.807, 2.05) is 27.3 Å². The summed E-state index contributed by atoms with van der Waals surface area (Å²) in [5.41, 5.74) is 10.6. The van der Waals surface area contributed by atoms with E-state index in [4.69, 9.17) is 24.7 Å². The van der Waals surface area contributed by atoms with Gasteiger partial charge in [0.05, 0.1) is 0 Å². The van der Waals surface area contributed by atoms with E-state index in [9.17, 15) is 0 Å². The third kappa shape index (κ3) is 16.0. The molecule has 0 bridgehead atoms. The summed E-state index contributed by atoms with van der Waals surface area (Å²) in [5, 5.41) is 0. The molecule has 5 nitrogen and oxygen atoms in total. The molecular weight excluding hydrogens is 260 g/mol. The third-order valence-electron chi connectivity index (χ3n) is 2.38. The van der Waals surface area contributed by atoms with Gasteiger partial charge in [-0.2, -0.15) is 0 Å². The Balaban J connectivity index is 0. The largest absolute Gasteiger partial charge is 0.497 e. The van der Waals surface area contributed by atoms with Gasteiger partial charge in [0.1, 0.15) is 0 Å². The van der Waals surface area contributed by atoms with Crippen molar-refractivity contribution in [3.63, 3.8) is 0 Å². The lowest BCUT2D eigenvalue weighted by molar-refractivity contribution is 0.0783. The quantitative estimate of drug-likeness (QED) is 0.451. The Morgan fingerprint density at radius 2 is 1.00 bits per heavy atom. The Hall–Kier alpha value is 0.0169. The van der Waals surface area contributed by atoms with Crippen LogP contribution < -0.4 is 11.5 Å². The van der Waals surface area contributed by atoms with Gasteiger partial charge in [0.2, 0.25) is 0 Å². The van der Waals surface area contributed by atoms with Crippen LogP contribution >= 0.6 is 0 Å². The molecule has 0 aliphatic rings. The molecule has 0 aromatic heterocycles. The molecule has 0 spiro atoms. The summed E-state index contributed by atoms with van der Waals surface area (Å²) in [7, 11) is -2.25. The molecule has 0 saturated carbocycles. The highest BCUT2D eigenvalue weighted by atomic mass is 28.4. The van der Waals surface area contributed by atoms with Gasteiger partial charge in [-0.1, -0.05) is 12.8 Å². The van der Waals surface area contributed by atoms with E-state index in [0.29, 0.717) is 19.8 Å². The Kier molecular flexibility index (Phi) is 18.0. The molecule has 0 aromatic rings. The van der Waals surface area contributed by atoms with Crippen molar-refractivity contribution in [2.75, 3.05) is 32.9 Å². The molecule has 0 unspecified atom stereocenters. The molecule has 0 aromatic carbocycles. The van der Waals surface area contributed by atoms with E-state index >= 15 is 0 Å². The molecule has 118 valence electrons. The lowest BCUT2D eigenvalue weighted by Gasteiger charge is -2.23. The van der Waals surface area contributed by atoms with Gasteiger partial charge in [-0.25, -0.2) is 0 Å².